The summed E-state index contributed by atoms with van der Waals surface area (Å²) in [5.41, 5.74) is 0.230. The van der Waals surface area contributed by atoms with E-state index in [4.69, 9.17) is 9.15 Å². The fourth-order valence-corrected chi connectivity index (χ4v) is 4.01. The Kier molecular flexibility index (Phi) is 4.25. The fraction of sp³-hybridized carbons (Fsp3) is 0.294. The summed E-state index contributed by atoms with van der Waals surface area (Å²) in [6.07, 6.45) is 5.24. The van der Waals surface area contributed by atoms with E-state index in [9.17, 15) is 13.2 Å². The van der Waals surface area contributed by atoms with Gasteiger partial charge in [-0.05, 0) is 37.1 Å². The second kappa shape index (κ2) is 6.58. The zero-order valence-corrected chi connectivity index (χ0v) is 14.6. The first-order valence-electron chi connectivity index (χ1n) is 8.20. The molecule has 1 saturated heterocycles. The lowest BCUT2D eigenvalue weighted by Crippen LogP contribution is -2.15. The molecule has 8 nitrogen and oxygen atoms in total. The molecule has 0 amide bonds. The molecule has 26 heavy (non-hydrogen) atoms. The van der Waals surface area contributed by atoms with E-state index >= 15 is 0 Å². The number of hydrogen-bond acceptors (Lipinski definition) is 6. The largest absolute Gasteiger partial charge is 0.423 e. The summed E-state index contributed by atoms with van der Waals surface area (Å²) in [6, 6.07) is 7.09. The summed E-state index contributed by atoms with van der Waals surface area (Å²) >= 11 is 0. The maximum Gasteiger partial charge on any atom is 0.336 e. The molecule has 1 aliphatic rings. The van der Waals surface area contributed by atoms with E-state index in [1.165, 1.54) is 36.5 Å². The molecule has 3 aromatic rings. The summed E-state index contributed by atoms with van der Waals surface area (Å²) in [5, 5.41) is 4.71. The van der Waals surface area contributed by atoms with Crippen LogP contribution in [-0.4, -0.2) is 30.9 Å². The zero-order valence-electron chi connectivity index (χ0n) is 13.8. The number of anilines is 1. The molecular weight excluding hydrogens is 358 g/mol. The minimum atomic E-state index is -3.78. The molecule has 0 radical (unpaired) electrons. The first-order valence-corrected chi connectivity index (χ1v) is 9.69. The highest BCUT2D eigenvalue weighted by Gasteiger charge is 2.19. The number of nitrogens with one attached hydrogen (secondary N) is 1. The summed E-state index contributed by atoms with van der Waals surface area (Å²) in [4.78, 5) is 11.3. The van der Waals surface area contributed by atoms with Crippen LogP contribution in [0.5, 0.6) is 0 Å². The van der Waals surface area contributed by atoms with Crippen molar-refractivity contribution in [2.45, 2.75) is 30.4 Å². The van der Waals surface area contributed by atoms with Crippen molar-refractivity contribution in [3.63, 3.8) is 0 Å². The first-order chi connectivity index (χ1) is 12.5. The number of hydrogen-bond donors (Lipinski definition) is 1. The van der Waals surface area contributed by atoms with Gasteiger partial charge in [0.2, 0.25) is 0 Å². The predicted molar refractivity (Wildman–Crippen MR) is 94.5 cm³/mol. The van der Waals surface area contributed by atoms with Gasteiger partial charge < -0.3 is 9.15 Å². The van der Waals surface area contributed by atoms with Crippen molar-refractivity contribution >= 4 is 26.7 Å². The zero-order chi connectivity index (χ0) is 18.1. The molecule has 4 rings (SSSR count). The normalized spacial score (nSPS) is 17.6. The van der Waals surface area contributed by atoms with Crippen LogP contribution in [0.2, 0.25) is 0 Å². The Hall–Kier alpha value is -2.65. The molecule has 1 aromatic carbocycles. The van der Waals surface area contributed by atoms with E-state index in [0.29, 0.717) is 23.2 Å². The van der Waals surface area contributed by atoms with Crippen molar-refractivity contribution in [3.05, 3.63) is 53.1 Å². The third-order valence-corrected chi connectivity index (χ3v) is 5.58. The van der Waals surface area contributed by atoms with Crippen LogP contribution in [0.25, 0.3) is 11.0 Å². The molecule has 1 atom stereocenters. The Balaban J connectivity index is 1.54. The number of nitrogens with zero attached hydrogens (tertiary/aromatic N) is 2. The first kappa shape index (κ1) is 16.8. The fourth-order valence-electron chi connectivity index (χ4n) is 2.94. The van der Waals surface area contributed by atoms with Crippen LogP contribution in [0.1, 0.15) is 12.8 Å². The van der Waals surface area contributed by atoms with Gasteiger partial charge in [0.25, 0.3) is 10.0 Å². The van der Waals surface area contributed by atoms with Gasteiger partial charge in [-0.15, -0.1) is 0 Å². The van der Waals surface area contributed by atoms with Crippen LogP contribution < -0.4 is 10.3 Å². The summed E-state index contributed by atoms with van der Waals surface area (Å²) in [6.45, 7) is 1.35. The van der Waals surface area contributed by atoms with Crippen LogP contribution in [0.15, 0.2) is 56.8 Å². The van der Waals surface area contributed by atoms with Gasteiger partial charge >= 0.3 is 5.63 Å². The van der Waals surface area contributed by atoms with Crippen molar-refractivity contribution in [2.24, 2.45) is 0 Å². The van der Waals surface area contributed by atoms with Crippen molar-refractivity contribution in [2.75, 3.05) is 11.3 Å². The van der Waals surface area contributed by atoms with Crippen molar-refractivity contribution < 1.29 is 17.6 Å². The average molecular weight is 375 g/mol. The van der Waals surface area contributed by atoms with E-state index in [2.05, 4.69) is 9.82 Å². The number of ether oxygens (including phenoxy) is 1. The highest BCUT2D eigenvalue weighted by molar-refractivity contribution is 7.92. The molecule has 1 fully saturated rings. The minimum absolute atomic E-state index is 0.0747. The van der Waals surface area contributed by atoms with Crippen molar-refractivity contribution in [3.8, 4) is 0 Å². The van der Waals surface area contributed by atoms with Crippen LogP contribution in [0.3, 0.4) is 0 Å². The highest BCUT2D eigenvalue weighted by Crippen LogP contribution is 2.21. The molecule has 0 spiro atoms. The molecule has 0 aliphatic carbocycles. The highest BCUT2D eigenvalue weighted by atomic mass is 32.2. The molecule has 1 aliphatic heterocycles. The summed E-state index contributed by atoms with van der Waals surface area (Å²) < 4.78 is 40.0. The maximum atomic E-state index is 12.6. The van der Waals surface area contributed by atoms with Gasteiger partial charge in [-0.1, -0.05) is 0 Å². The van der Waals surface area contributed by atoms with Gasteiger partial charge in [0.1, 0.15) is 5.58 Å². The Labute approximate surface area is 149 Å². The van der Waals surface area contributed by atoms with Crippen LogP contribution in [0.4, 0.5) is 5.69 Å². The molecule has 3 heterocycles. The molecule has 136 valence electrons. The Bertz CT molecular complexity index is 1100. The molecule has 9 heteroatoms. The van der Waals surface area contributed by atoms with Gasteiger partial charge in [-0.3, -0.25) is 9.40 Å². The number of rotatable bonds is 5. The quantitative estimate of drug-likeness (QED) is 0.684. The molecule has 2 aromatic heterocycles. The van der Waals surface area contributed by atoms with Crippen LogP contribution >= 0.6 is 0 Å². The van der Waals surface area contributed by atoms with E-state index < -0.39 is 15.6 Å². The monoisotopic (exact) mass is 375 g/mol. The molecular formula is C17H17N3O5S. The molecule has 0 saturated carbocycles. The van der Waals surface area contributed by atoms with Crippen molar-refractivity contribution in [1.82, 2.24) is 9.78 Å². The second-order valence-electron chi connectivity index (χ2n) is 6.15. The SMILES string of the molecule is O=c1ccc2cc(S(=O)(=O)Nc3cnn(CC4CCCO4)c3)ccc2o1. The Morgan fingerprint density at radius 2 is 2.15 bits per heavy atom. The Morgan fingerprint density at radius 3 is 2.96 bits per heavy atom. The third-order valence-electron chi connectivity index (χ3n) is 4.20. The average Bonchev–Trinajstić information content (AvgIpc) is 3.26. The standard InChI is InChI=1S/C17H17N3O5S/c21-17-6-3-12-8-15(4-5-16(12)25-17)26(22,23)19-13-9-18-20(10-13)11-14-2-1-7-24-14/h3-6,8-10,14,19H,1-2,7,11H2. The van der Waals surface area contributed by atoms with Gasteiger partial charge in [0.15, 0.2) is 0 Å². The van der Waals surface area contributed by atoms with Gasteiger partial charge in [0, 0.05) is 24.3 Å². The lowest BCUT2D eigenvalue weighted by atomic mass is 10.2. The minimum Gasteiger partial charge on any atom is -0.423 e. The summed E-state index contributed by atoms with van der Waals surface area (Å²) in [7, 11) is -3.78. The molecule has 1 N–H and O–H groups in total. The third kappa shape index (κ3) is 3.49. The Morgan fingerprint density at radius 1 is 1.27 bits per heavy atom. The molecule has 1 unspecified atom stereocenters. The predicted octanol–water partition coefficient (Wildman–Crippen LogP) is 1.97. The van der Waals surface area contributed by atoms with E-state index in [1.807, 2.05) is 0 Å². The van der Waals surface area contributed by atoms with Crippen LogP contribution in [-0.2, 0) is 21.3 Å². The topological polar surface area (TPSA) is 103 Å². The van der Waals surface area contributed by atoms with E-state index in [1.54, 1.807) is 10.9 Å². The number of benzene rings is 1. The lowest BCUT2D eigenvalue weighted by molar-refractivity contribution is 0.0940. The van der Waals surface area contributed by atoms with Crippen molar-refractivity contribution in [1.29, 1.82) is 0 Å². The van der Waals surface area contributed by atoms with Crippen LogP contribution in [0, 0.1) is 0 Å². The van der Waals surface area contributed by atoms with E-state index in [-0.39, 0.29) is 11.0 Å². The maximum absolute atomic E-state index is 12.6. The summed E-state index contributed by atoms with van der Waals surface area (Å²) in [5.74, 6) is 0. The number of sulfonamides is 1. The lowest BCUT2D eigenvalue weighted by Gasteiger charge is -2.09. The second-order valence-corrected chi connectivity index (χ2v) is 7.83. The number of aromatic nitrogens is 2. The van der Waals surface area contributed by atoms with Gasteiger partial charge in [-0.2, -0.15) is 5.10 Å². The van der Waals surface area contributed by atoms with E-state index in [0.717, 1.165) is 19.4 Å². The van der Waals surface area contributed by atoms with Gasteiger partial charge in [0.05, 0.1) is 29.4 Å². The molecule has 0 bridgehead atoms. The van der Waals surface area contributed by atoms with Gasteiger partial charge in [-0.25, -0.2) is 13.2 Å². The smallest absolute Gasteiger partial charge is 0.336 e. The number of fused-ring (bicyclic) bond motifs is 1.